The minimum atomic E-state index is -0.445. The van der Waals surface area contributed by atoms with Gasteiger partial charge in [-0.3, -0.25) is 14.5 Å². The van der Waals surface area contributed by atoms with Crippen molar-refractivity contribution in [2.45, 2.75) is 0 Å². The van der Waals surface area contributed by atoms with E-state index in [0.717, 1.165) is 5.69 Å². The van der Waals surface area contributed by atoms with Gasteiger partial charge in [-0.25, -0.2) is 9.67 Å². The molecule has 0 aliphatic rings. The quantitative estimate of drug-likeness (QED) is 0.343. The first-order chi connectivity index (χ1) is 13.6. The first-order valence-corrected chi connectivity index (χ1v) is 8.58. The molecule has 0 aliphatic carbocycles. The molecule has 0 saturated carbocycles. The molecule has 0 unspecified atom stereocenters. The summed E-state index contributed by atoms with van der Waals surface area (Å²) < 4.78 is 3.38. The van der Waals surface area contributed by atoms with Gasteiger partial charge in [0.15, 0.2) is 17.1 Å². The third kappa shape index (κ3) is 2.48. The molecule has 0 atom stereocenters. The van der Waals surface area contributed by atoms with Crippen LogP contribution in [0.5, 0.6) is 0 Å². The molecule has 0 N–H and O–H groups in total. The summed E-state index contributed by atoms with van der Waals surface area (Å²) in [6, 6.07) is 13.5. The second kappa shape index (κ2) is 6.10. The van der Waals surface area contributed by atoms with E-state index in [2.05, 4.69) is 20.3 Å². The first-order valence-electron chi connectivity index (χ1n) is 8.20. The monoisotopic (exact) mass is 391 g/mol. The molecule has 136 valence electrons. The molecule has 0 saturated heterocycles. The Balaban J connectivity index is 1.68. The fraction of sp³-hybridized carbons (Fsp3) is 0. The van der Waals surface area contributed by atoms with Crippen molar-refractivity contribution >= 4 is 34.0 Å². The Labute approximate surface area is 162 Å². The lowest BCUT2D eigenvalue weighted by atomic mass is 10.2. The highest BCUT2D eigenvalue weighted by atomic mass is 35.5. The smallest absolute Gasteiger partial charge is 0.265 e. The fourth-order valence-corrected chi connectivity index (χ4v) is 3.17. The van der Waals surface area contributed by atoms with Crippen LogP contribution >= 0.6 is 11.6 Å². The summed E-state index contributed by atoms with van der Waals surface area (Å²) >= 11 is 5.95. The lowest BCUT2D eigenvalue weighted by molar-refractivity contribution is -0.384. The summed E-state index contributed by atoms with van der Waals surface area (Å²) in [4.78, 5) is 15.1. The van der Waals surface area contributed by atoms with E-state index in [1.807, 2.05) is 12.1 Å². The number of rotatable bonds is 3. The van der Waals surface area contributed by atoms with Crippen LogP contribution in [0.15, 0.2) is 61.1 Å². The number of non-ortho nitro benzene ring substituents is 1. The molecular formula is C18H10ClN7O2. The standard InChI is InChI=1S/C18H10ClN7O2/c19-12-4-6-13(7-5-12)25-17-15(9-21-25)18-23-22-16(24(18)10-20-17)11-2-1-3-14(8-11)26(27)28/h1-10H. The minimum Gasteiger partial charge on any atom is -0.265 e. The second-order valence-corrected chi connectivity index (χ2v) is 6.48. The fourth-order valence-electron chi connectivity index (χ4n) is 3.05. The van der Waals surface area contributed by atoms with E-state index >= 15 is 0 Å². The maximum atomic E-state index is 11.1. The normalized spacial score (nSPS) is 11.3. The number of nitro groups is 1. The third-order valence-corrected chi connectivity index (χ3v) is 4.61. The number of benzene rings is 2. The largest absolute Gasteiger partial charge is 0.270 e. The number of halogens is 1. The van der Waals surface area contributed by atoms with E-state index < -0.39 is 4.92 Å². The van der Waals surface area contributed by atoms with Gasteiger partial charge >= 0.3 is 0 Å². The van der Waals surface area contributed by atoms with Crippen LogP contribution in [0.2, 0.25) is 5.02 Å². The predicted octanol–water partition coefficient (Wildman–Crippen LogP) is 3.69. The van der Waals surface area contributed by atoms with Crippen molar-refractivity contribution in [3.8, 4) is 17.1 Å². The summed E-state index contributed by atoms with van der Waals surface area (Å²) in [7, 11) is 0. The van der Waals surface area contributed by atoms with E-state index in [9.17, 15) is 10.1 Å². The molecule has 0 radical (unpaired) electrons. The Bertz CT molecular complexity index is 1360. The van der Waals surface area contributed by atoms with Gasteiger partial charge in [-0.05, 0) is 24.3 Å². The zero-order valence-corrected chi connectivity index (χ0v) is 14.9. The van der Waals surface area contributed by atoms with Gasteiger partial charge in [0.25, 0.3) is 5.69 Å². The molecular weight excluding hydrogens is 382 g/mol. The van der Waals surface area contributed by atoms with Crippen LogP contribution in [0.1, 0.15) is 0 Å². The molecule has 0 fully saturated rings. The lowest BCUT2D eigenvalue weighted by Crippen LogP contribution is -1.99. The van der Waals surface area contributed by atoms with E-state index in [-0.39, 0.29) is 5.69 Å². The minimum absolute atomic E-state index is 0.0150. The molecule has 9 nitrogen and oxygen atoms in total. The van der Waals surface area contributed by atoms with Crippen molar-refractivity contribution in [2.75, 3.05) is 0 Å². The second-order valence-electron chi connectivity index (χ2n) is 6.04. The SMILES string of the molecule is O=[N+]([O-])c1cccc(-c2nnc3c4cnn(-c5ccc(Cl)cc5)c4ncn23)c1. The van der Waals surface area contributed by atoms with Crippen molar-refractivity contribution < 1.29 is 4.92 Å². The van der Waals surface area contributed by atoms with Gasteiger partial charge in [0.2, 0.25) is 0 Å². The molecule has 0 bridgehead atoms. The van der Waals surface area contributed by atoms with Crippen molar-refractivity contribution in [3.05, 3.63) is 76.2 Å². The topological polar surface area (TPSA) is 104 Å². The van der Waals surface area contributed by atoms with Crippen molar-refractivity contribution in [3.63, 3.8) is 0 Å². The number of fused-ring (bicyclic) bond motifs is 3. The maximum Gasteiger partial charge on any atom is 0.270 e. The molecule has 5 rings (SSSR count). The summed E-state index contributed by atoms with van der Waals surface area (Å²) in [5.41, 5.74) is 2.56. The molecule has 28 heavy (non-hydrogen) atoms. The molecule has 5 aromatic rings. The van der Waals surface area contributed by atoms with Gasteiger partial charge in [0.05, 0.1) is 22.2 Å². The lowest BCUT2D eigenvalue weighted by Gasteiger charge is -2.04. The van der Waals surface area contributed by atoms with Crippen LogP contribution < -0.4 is 0 Å². The third-order valence-electron chi connectivity index (χ3n) is 4.36. The van der Waals surface area contributed by atoms with Gasteiger partial charge in [0, 0.05) is 22.7 Å². The van der Waals surface area contributed by atoms with Gasteiger partial charge in [0.1, 0.15) is 6.33 Å². The summed E-state index contributed by atoms with van der Waals surface area (Å²) in [5, 5.41) is 25.3. The average Bonchev–Trinajstić information content (AvgIpc) is 3.32. The Morgan fingerprint density at radius 1 is 1.04 bits per heavy atom. The zero-order chi connectivity index (χ0) is 19.3. The van der Waals surface area contributed by atoms with Gasteiger partial charge < -0.3 is 0 Å². The van der Waals surface area contributed by atoms with Crippen molar-refractivity contribution in [1.29, 1.82) is 0 Å². The molecule has 3 aromatic heterocycles. The summed E-state index contributed by atoms with van der Waals surface area (Å²) in [5.74, 6) is 0.465. The van der Waals surface area contributed by atoms with Crippen LogP contribution in [-0.4, -0.2) is 34.3 Å². The van der Waals surface area contributed by atoms with Crippen LogP contribution in [-0.2, 0) is 0 Å². The summed E-state index contributed by atoms with van der Waals surface area (Å²) in [6.45, 7) is 0. The van der Waals surface area contributed by atoms with Crippen molar-refractivity contribution in [1.82, 2.24) is 29.4 Å². The Morgan fingerprint density at radius 3 is 2.64 bits per heavy atom. The molecule has 0 amide bonds. The van der Waals surface area contributed by atoms with Gasteiger partial charge in [-0.1, -0.05) is 23.7 Å². The van der Waals surface area contributed by atoms with Crippen LogP contribution in [0.4, 0.5) is 5.69 Å². The van der Waals surface area contributed by atoms with E-state index in [1.165, 1.54) is 12.1 Å². The van der Waals surface area contributed by atoms with Gasteiger partial charge in [-0.15, -0.1) is 10.2 Å². The predicted molar refractivity (Wildman–Crippen MR) is 103 cm³/mol. The van der Waals surface area contributed by atoms with Gasteiger partial charge in [-0.2, -0.15) is 5.10 Å². The molecule has 0 spiro atoms. The highest BCUT2D eigenvalue weighted by Crippen LogP contribution is 2.26. The molecule has 0 aliphatic heterocycles. The van der Waals surface area contributed by atoms with E-state index in [4.69, 9.17) is 11.6 Å². The van der Waals surface area contributed by atoms with E-state index in [1.54, 1.807) is 45.9 Å². The Hall–Kier alpha value is -3.85. The molecule has 10 heteroatoms. The zero-order valence-electron chi connectivity index (χ0n) is 14.1. The molecule has 3 heterocycles. The number of aromatic nitrogens is 6. The van der Waals surface area contributed by atoms with Crippen LogP contribution in [0.25, 0.3) is 33.8 Å². The number of nitrogens with zero attached hydrogens (tertiary/aromatic N) is 7. The number of hydrogen-bond donors (Lipinski definition) is 0. The number of hydrogen-bond acceptors (Lipinski definition) is 6. The first kappa shape index (κ1) is 16.3. The Morgan fingerprint density at radius 2 is 1.86 bits per heavy atom. The van der Waals surface area contributed by atoms with E-state index in [0.29, 0.717) is 33.1 Å². The number of nitro benzene ring substituents is 1. The maximum absolute atomic E-state index is 11.1. The highest BCUT2D eigenvalue weighted by molar-refractivity contribution is 6.30. The molecule has 2 aromatic carbocycles. The Kier molecular flexibility index (Phi) is 3.56. The van der Waals surface area contributed by atoms with Crippen molar-refractivity contribution in [2.24, 2.45) is 0 Å². The highest BCUT2D eigenvalue weighted by Gasteiger charge is 2.17. The van der Waals surface area contributed by atoms with Crippen LogP contribution in [0, 0.1) is 10.1 Å². The summed E-state index contributed by atoms with van der Waals surface area (Å²) in [6.07, 6.45) is 3.25. The average molecular weight is 392 g/mol. The van der Waals surface area contributed by atoms with Crippen LogP contribution in [0.3, 0.4) is 0 Å².